The van der Waals surface area contributed by atoms with Crippen molar-refractivity contribution in [2.75, 3.05) is 0 Å². The lowest BCUT2D eigenvalue weighted by Crippen LogP contribution is -2.07. The molecule has 104 valence electrons. The van der Waals surface area contributed by atoms with Crippen molar-refractivity contribution in [3.63, 3.8) is 0 Å². The van der Waals surface area contributed by atoms with Gasteiger partial charge < -0.3 is 4.40 Å². The number of aromatic nitrogens is 2. The Hall–Kier alpha value is -1.31. The largest absolute Gasteiger partial charge is 0.301 e. The summed E-state index contributed by atoms with van der Waals surface area (Å²) in [6.07, 6.45) is 0. The molecule has 0 saturated heterocycles. The number of pyridine rings is 1. The molecule has 0 N–H and O–H groups in total. The Balaban J connectivity index is 2.96. The van der Waals surface area contributed by atoms with E-state index in [-0.39, 0.29) is 0 Å². The molecule has 0 amide bonds. The fraction of sp³-hybridized carbons (Fsp3) is 0.588. The number of aryl methyl sites for hydroxylation is 3. The van der Waals surface area contributed by atoms with Gasteiger partial charge in [0, 0.05) is 11.4 Å². The predicted octanol–water partition coefficient (Wildman–Crippen LogP) is 4.81. The van der Waals surface area contributed by atoms with Gasteiger partial charge in [-0.3, -0.25) is 0 Å². The molecule has 19 heavy (non-hydrogen) atoms. The van der Waals surface area contributed by atoms with E-state index in [2.05, 4.69) is 59.8 Å². The highest BCUT2D eigenvalue weighted by Gasteiger charge is 2.20. The first-order chi connectivity index (χ1) is 8.77. The predicted molar refractivity (Wildman–Crippen MR) is 82.3 cm³/mol. The summed E-state index contributed by atoms with van der Waals surface area (Å²) in [6, 6.07) is 0. The molecule has 2 heterocycles. The zero-order valence-corrected chi connectivity index (χ0v) is 13.5. The summed E-state index contributed by atoms with van der Waals surface area (Å²) in [5.41, 5.74) is 9.22. The minimum absolute atomic E-state index is 0.474. The first-order valence-corrected chi connectivity index (χ1v) is 7.25. The first kappa shape index (κ1) is 14.1. The van der Waals surface area contributed by atoms with Crippen LogP contribution in [0, 0.1) is 27.7 Å². The van der Waals surface area contributed by atoms with E-state index in [9.17, 15) is 0 Å². The average Bonchev–Trinajstić information content (AvgIpc) is 2.64. The number of hydrogen-bond donors (Lipinski definition) is 0. The summed E-state index contributed by atoms with van der Waals surface area (Å²) in [5.74, 6) is 1.02. The smallest absolute Gasteiger partial charge is 0.140 e. The van der Waals surface area contributed by atoms with Gasteiger partial charge in [-0.25, -0.2) is 4.98 Å². The van der Waals surface area contributed by atoms with Crippen molar-refractivity contribution in [2.45, 2.75) is 67.2 Å². The third-order valence-corrected chi connectivity index (χ3v) is 4.30. The molecule has 2 heteroatoms. The molecule has 2 rings (SSSR count). The molecule has 0 atom stereocenters. The van der Waals surface area contributed by atoms with Crippen LogP contribution in [0.15, 0.2) is 0 Å². The van der Waals surface area contributed by atoms with Gasteiger partial charge in [-0.15, -0.1) is 0 Å². The molecule has 0 aliphatic heterocycles. The molecule has 2 aromatic heterocycles. The van der Waals surface area contributed by atoms with Gasteiger partial charge >= 0.3 is 0 Å². The maximum absolute atomic E-state index is 4.90. The zero-order valence-electron chi connectivity index (χ0n) is 13.5. The van der Waals surface area contributed by atoms with E-state index in [1.54, 1.807) is 0 Å². The van der Waals surface area contributed by atoms with Gasteiger partial charge in [-0.2, -0.15) is 0 Å². The van der Waals surface area contributed by atoms with E-state index in [0.717, 1.165) is 5.65 Å². The van der Waals surface area contributed by atoms with Crippen molar-refractivity contribution in [1.82, 2.24) is 9.38 Å². The Morgan fingerprint density at radius 1 is 0.789 bits per heavy atom. The van der Waals surface area contributed by atoms with Crippen LogP contribution >= 0.6 is 0 Å². The highest BCUT2D eigenvalue weighted by molar-refractivity contribution is 5.58. The normalized spacial score (nSPS) is 12.1. The summed E-state index contributed by atoms with van der Waals surface area (Å²) in [6.45, 7) is 17.8. The second-order valence-corrected chi connectivity index (χ2v) is 6.30. The van der Waals surface area contributed by atoms with Crippen LogP contribution in [0.2, 0.25) is 0 Å². The summed E-state index contributed by atoms with van der Waals surface area (Å²) in [5, 5.41) is 0. The standard InChI is InChI=1S/C17H26N2/c1-9(2)15-11(5)12(6)17-18-16(10(3)4)14(8)19(17)13(15)7/h9-10H,1-8H3. The molecular weight excluding hydrogens is 232 g/mol. The van der Waals surface area contributed by atoms with Crippen LogP contribution in [-0.2, 0) is 0 Å². The molecule has 0 saturated carbocycles. The molecule has 2 nitrogen and oxygen atoms in total. The van der Waals surface area contributed by atoms with Crippen LogP contribution in [-0.4, -0.2) is 9.38 Å². The van der Waals surface area contributed by atoms with E-state index < -0.39 is 0 Å². The van der Waals surface area contributed by atoms with E-state index in [4.69, 9.17) is 4.98 Å². The Morgan fingerprint density at radius 2 is 1.37 bits per heavy atom. The minimum Gasteiger partial charge on any atom is -0.301 e. The maximum atomic E-state index is 4.90. The number of nitrogens with zero attached hydrogens (tertiary/aromatic N) is 2. The van der Waals surface area contributed by atoms with E-state index >= 15 is 0 Å². The lowest BCUT2D eigenvalue weighted by Gasteiger charge is -2.18. The lowest BCUT2D eigenvalue weighted by atomic mass is 9.94. The zero-order chi connectivity index (χ0) is 14.5. The molecule has 0 aliphatic rings. The number of hydrogen-bond acceptors (Lipinski definition) is 1. The van der Waals surface area contributed by atoms with Crippen LogP contribution in [0.1, 0.15) is 73.3 Å². The Morgan fingerprint density at radius 3 is 1.84 bits per heavy atom. The Labute approximate surface area is 116 Å². The second kappa shape index (κ2) is 4.66. The van der Waals surface area contributed by atoms with Crippen LogP contribution in [0.4, 0.5) is 0 Å². The molecule has 0 spiro atoms. The van der Waals surface area contributed by atoms with Crippen LogP contribution < -0.4 is 0 Å². The molecule has 0 fully saturated rings. The highest BCUT2D eigenvalue weighted by Crippen LogP contribution is 2.31. The van der Waals surface area contributed by atoms with Crippen LogP contribution in [0.25, 0.3) is 5.65 Å². The number of rotatable bonds is 2. The Kier molecular flexibility index (Phi) is 3.46. The molecule has 0 radical (unpaired) electrons. The minimum atomic E-state index is 0.474. The van der Waals surface area contributed by atoms with Gasteiger partial charge in [0.05, 0.1) is 5.69 Å². The fourth-order valence-corrected chi connectivity index (χ4v) is 3.34. The number of imidazole rings is 1. The van der Waals surface area contributed by atoms with Gasteiger partial charge in [0.25, 0.3) is 0 Å². The summed E-state index contributed by atoms with van der Waals surface area (Å²) in [4.78, 5) is 4.90. The van der Waals surface area contributed by atoms with Gasteiger partial charge in [-0.05, 0) is 56.2 Å². The monoisotopic (exact) mass is 258 g/mol. The van der Waals surface area contributed by atoms with Crippen molar-refractivity contribution in [3.8, 4) is 0 Å². The molecule has 0 bridgehead atoms. The van der Waals surface area contributed by atoms with Gasteiger partial charge in [0.15, 0.2) is 0 Å². The Bertz CT molecular complexity index is 631. The highest BCUT2D eigenvalue weighted by atomic mass is 15.0. The van der Waals surface area contributed by atoms with Crippen molar-refractivity contribution in [1.29, 1.82) is 0 Å². The van der Waals surface area contributed by atoms with Crippen LogP contribution in [0.5, 0.6) is 0 Å². The molecule has 0 aromatic carbocycles. The second-order valence-electron chi connectivity index (χ2n) is 6.30. The van der Waals surface area contributed by atoms with Crippen LogP contribution in [0.3, 0.4) is 0 Å². The molecule has 0 unspecified atom stereocenters. The third kappa shape index (κ3) is 1.98. The van der Waals surface area contributed by atoms with E-state index in [0.29, 0.717) is 11.8 Å². The molecular formula is C17H26N2. The van der Waals surface area contributed by atoms with Crippen molar-refractivity contribution >= 4 is 5.65 Å². The van der Waals surface area contributed by atoms with Gasteiger partial charge in [0.2, 0.25) is 0 Å². The van der Waals surface area contributed by atoms with Gasteiger partial charge in [0.1, 0.15) is 5.65 Å². The molecule has 0 aliphatic carbocycles. The maximum Gasteiger partial charge on any atom is 0.140 e. The third-order valence-electron chi connectivity index (χ3n) is 4.30. The topological polar surface area (TPSA) is 17.3 Å². The number of fused-ring (bicyclic) bond motifs is 1. The van der Waals surface area contributed by atoms with Gasteiger partial charge in [-0.1, -0.05) is 27.7 Å². The first-order valence-electron chi connectivity index (χ1n) is 7.25. The SMILES string of the molecule is Cc1c(C(C)C)c(C)n2c(C)c(C(C)C)nc2c1C. The lowest BCUT2D eigenvalue weighted by molar-refractivity contribution is 0.806. The quantitative estimate of drug-likeness (QED) is 0.755. The van der Waals surface area contributed by atoms with Crippen molar-refractivity contribution < 1.29 is 0 Å². The molecule has 2 aromatic rings. The van der Waals surface area contributed by atoms with Crippen molar-refractivity contribution in [3.05, 3.63) is 33.8 Å². The summed E-state index contributed by atoms with van der Waals surface area (Å²) < 4.78 is 2.35. The summed E-state index contributed by atoms with van der Waals surface area (Å²) in [7, 11) is 0. The fourth-order valence-electron chi connectivity index (χ4n) is 3.34. The van der Waals surface area contributed by atoms with Crippen molar-refractivity contribution in [2.24, 2.45) is 0 Å². The van der Waals surface area contributed by atoms with E-state index in [1.165, 1.54) is 33.8 Å². The average molecular weight is 258 g/mol. The summed E-state index contributed by atoms with van der Waals surface area (Å²) >= 11 is 0. The van der Waals surface area contributed by atoms with E-state index in [1.807, 2.05) is 0 Å².